The molecule has 1 aromatic rings. The molecule has 1 aromatic carbocycles. The third kappa shape index (κ3) is 9.89. The summed E-state index contributed by atoms with van der Waals surface area (Å²) in [5, 5.41) is 2.38. The molecule has 6 nitrogen and oxygen atoms in total. The first-order valence-electron chi connectivity index (χ1n) is 9.89. The molecule has 1 N–H and O–H groups in total. The maximum Gasteiger partial charge on any atom is 0.408 e. The number of nitrogens with one attached hydrogen (secondary N) is 1. The van der Waals surface area contributed by atoms with Gasteiger partial charge in [-0.3, -0.25) is 4.79 Å². The summed E-state index contributed by atoms with van der Waals surface area (Å²) in [6, 6.07) is 7.93. The van der Waals surface area contributed by atoms with Crippen LogP contribution in [0.3, 0.4) is 0 Å². The molecule has 2 atom stereocenters. The molecular weight excluding hydrogens is 401 g/mol. The van der Waals surface area contributed by atoms with Gasteiger partial charge in [0.1, 0.15) is 12.2 Å². The molecule has 1 rings (SSSR count). The van der Waals surface area contributed by atoms with Gasteiger partial charge in [0.2, 0.25) is 5.78 Å². The molecule has 0 fully saturated rings. The minimum atomic E-state index is -2.55. The Balaban J connectivity index is 0.00000961. The van der Waals surface area contributed by atoms with Crippen LogP contribution in [0.2, 0.25) is 0 Å². The van der Waals surface area contributed by atoms with E-state index in [1.54, 1.807) is 26.8 Å². The Morgan fingerprint density at radius 3 is 2.39 bits per heavy atom. The Morgan fingerprint density at radius 2 is 1.84 bits per heavy atom. The molecule has 1 unspecified atom stereocenters. The summed E-state index contributed by atoms with van der Waals surface area (Å²) >= 11 is 0. The third-order valence-electron chi connectivity index (χ3n) is 4.03. The molecule has 0 aliphatic heterocycles. The van der Waals surface area contributed by atoms with Crippen molar-refractivity contribution in [3.05, 3.63) is 72.9 Å². The van der Waals surface area contributed by atoms with E-state index in [0.29, 0.717) is 12.0 Å². The second kappa shape index (κ2) is 12.5. The average Bonchev–Trinajstić information content (AvgIpc) is 2.72. The van der Waals surface area contributed by atoms with Gasteiger partial charge in [-0.1, -0.05) is 61.7 Å². The molecule has 0 bridgehead atoms. The van der Waals surface area contributed by atoms with Crippen molar-refractivity contribution in [2.24, 2.45) is 0 Å². The second-order valence-electron chi connectivity index (χ2n) is 7.78. The van der Waals surface area contributed by atoms with Gasteiger partial charge in [0.05, 0.1) is 6.04 Å². The first kappa shape index (κ1) is 25.8. The molecule has 170 valence electrons. The van der Waals surface area contributed by atoms with Crippen molar-refractivity contribution in [2.45, 2.75) is 51.4 Å². The van der Waals surface area contributed by atoms with Crippen molar-refractivity contribution in [1.29, 1.82) is 0 Å². The normalized spacial score (nSPS) is 13.5. The molecule has 0 heterocycles. The summed E-state index contributed by atoms with van der Waals surface area (Å²) in [6.45, 7) is 11.8. The molecule has 0 aliphatic rings. The van der Waals surface area contributed by atoms with Gasteiger partial charge < -0.3 is 14.8 Å². The lowest BCUT2D eigenvalue weighted by molar-refractivity contribution is -0.153. The number of rotatable bonds is 11. The molecule has 0 saturated heterocycles. The highest BCUT2D eigenvalue weighted by Crippen LogP contribution is 2.12. The smallest absolute Gasteiger partial charge is 0.408 e. The lowest BCUT2D eigenvalue weighted by Crippen LogP contribution is -2.48. The number of esters is 1. The lowest BCUT2D eigenvalue weighted by Gasteiger charge is -2.23. The van der Waals surface area contributed by atoms with E-state index in [1.807, 2.05) is 30.3 Å². The number of aryl methyl sites for hydroxylation is 1. The Hall–Kier alpha value is -3.22. The predicted molar refractivity (Wildman–Crippen MR) is 119 cm³/mol. The van der Waals surface area contributed by atoms with E-state index in [4.69, 9.17) is 9.47 Å². The van der Waals surface area contributed by atoms with Crippen LogP contribution in [0.5, 0.6) is 0 Å². The van der Waals surface area contributed by atoms with Crippen LogP contribution in [0.25, 0.3) is 0 Å². The highest BCUT2D eigenvalue weighted by molar-refractivity contribution is 6.05. The number of carbonyl (C=O) groups excluding carboxylic acids is 3. The molecule has 0 saturated carbocycles. The van der Waals surface area contributed by atoms with E-state index in [9.17, 15) is 18.8 Å². The fraction of sp³-hybridized carbons (Fsp3) is 0.375. The molecule has 31 heavy (non-hydrogen) atoms. The molecule has 0 aliphatic carbocycles. The number of alkyl halides is 1. The second-order valence-corrected chi connectivity index (χ2v) is 7.78. The van der Waals surface area contributed by atoms with Crippen LogP contribution in [0.1, 0.15) is 34.2 Å². The van der Waals surface area contributed by atoms with Gasteiger partial charge in [-0.05, 0) is 44.7 Å². The van der Waals surface area contributed by atoms with Crippen LogP contribution in [0.15, 0.2) is 67.3 Å². The lowest BCUT2D eigenvalue weighted by atomic mass is 10.00. The van der Waals surface area contributed by atoms with Crippen LogP contribution in [-0.4, -0.2) is 42.3 Å². The number of benzene rings is 1. The van der Waals surface area contributed by atoms with Crippen LogP contribution >= 0.6 is 0 Å². The number of halogens is 1. The standard InChI is InChI=1S/C24H30FNO5.H2/c1-6-11-17(7-2)16-30-22(28)20(25)21(27)19(26-23(29)31-24(3,4)5)15-14-18-12-9-8-10-13-18;/h6-13,19-20H,1-2,14-16H2,3-5H3,(H,26,29);1H/b17-11+;/t19-,20?;/m0./s1. The highest BCUT2D eigenvalue weighted by atomic mass is 19.1. The predicted octanol–water partition coefficient (Wildman–Crippen LogP) is 4.51. The summed E-state index contributed by atoms with van der Waals surface area (Å²) in [5.74, 6) is -2.43. The zero-order valence-electron chi connectivity index (χ0n) is 18.2. The van der Waals surface area contributed by atoms with E-state index < -0.39 is 35.7 Å². The summed E-state index contributed by atoms with van der Waals surface area (Å²) < 4.78 is 24.6. The van der Waals surface area contributed by atoms with E-state index in [2.05, 4.69) is 18.5 Å². The first-order valence-corrected chi connectivity index (χ1v) is 9.89. The van der Waals surface area contributed by atoms with Crippen LogP contribution in [0.4, 0.5) is 9.18 Å². The summed E-state index contributed by atoms with van der Waals surface area (Å²) in [7, 11) is 0. The van der Waals surface area contributed by atoms with Gasteiger partial charge in [0.15, 0.2) is 0 Å². The van der Waals surface area contributed by atoms with Crippen molar-refractivity contribution in [3.63, 3.8) is 0 Å². The van der Waals surface area contributed by atoms with Crippen molar-refractivity contribution in [1.82, 2.24) is 5.32 Å². The maximum atomic E-state index is 14.6. The number of Topliss-reactive ketones (excluding diaryl/α,β-unsaturated/α-hetero) is 1. The van der Waals surface area contributed by atoms with Crippen molar-refractivity contribution in [3.8, 4) is 0 Å². The van der Waals surface area contributed by atoms with E-state index >= 15 is 0 Å². The number of hydrogen-bond donors (Lipinski definition) is 1. The van der Waals surface area contributed by atoms with Crippen LogP contribution in [-0.2, 0) is 25.5 Å². The van der Waals surface area contributed by atoms with E-state index in [0.717, 1.165) is 5.56 Å². The van der Waals surface area contributed by atoms with Gasteiger partial charge in [0, 0.05) is 1.43 Å². The third-order valence-corrected chi connectivity index (χ3v) is 4.03. The number of hydrogen-bond acceptors (Lipinski definition) is 5. The minimum absolute atomic E-state index is 0. The number of amides is 1. The summed E-state index contributed by atoms with van der Waals surface area (Å²) in [6.07, 6.45) is 1.49. The first-order chi connectivity index (χ1) is 14.6. The van der Waals surface area contributed by atoms with Crippen LogP contribution in [0, 0.1) is 0 Å². The molecule has 1 amide bonds. The van der Waals surface area contributed by atoms with Gasteiger partial charge >= 0.3 is 12.1 Å². The van der Waals surface area contributed by atoms with Crippen molar-refractivity contribution in [2.75, 3.05) is 6.61 Å². The molecule has 0 aromatic heterocycles. The summed E-state index contributed by atoms with van der Waals surface area (Å²) in [4.78, 5) is 36.9. The minimum Gasteiger partial charge on any atom is -0.458 e. The number of ether oxygens (including phenoxy) is 2. The van der Waals surface area contributed by atoms with Crippen molar-refractivity contribution < 1.29 is 29.7 Å². The number of carbonyl (C=O) groups is 3. The molecule has 7 heteroatoms. The van der Waals surface area contributed by atoms with Gasteiger partial charge in [-0.25, -0.2) is 14.0 Å². The van der Waals surface area contributed by atoms with Gasteiger partial charge in [-0.2, -0.15) is 0 Å². The fourth-order valence-electron chi connectivity index (χ4n) is 2.54. The molecule has 0 radical (unpaired) electrons. The largest absolute Gasteiger partial charge is 0.458 e. The monoisotopic (exact) mass is 433 g/mol. The average molecular weight is 434 g/mol. The highest BCUT2D eigenvalue weighted by Gasteiger charge is 2.35. The fourth-order valence-corrected chi connectivity index (χ4v) is 2.54. The number of ketones is 1. The van der Waals surface area contributed by atoms with Crippen molar-refractivity contribution >= 4 is 17.8 Å². The summed E-state index contributed by atoms with van der Waals surface area (Å²) in [5.41, 5.74) is 0.592. The van der Waals surface area contributed by atoms with Gasteiger partial charge in [0.25, 0.3) is 6.17 Å². The molecule has 0 spiro atoms. The Morgan fingerprint density at radius 1 is 1.19 bits per heavy atom. The quantitative estimate of drug-likeness (QED) is 0.316. The van der Waals surface area contributed by atoms with E-state index in [-0.39, 0.29) is 14.5 Å². The Kier molecular flexibility index (Phi) is 10.4. The molecular formula is C24H32FNO5. The van der Waals surface area contributed by atoms with Gasteiger partial charge in [-0.15, -0.1) is 0 Å². The maximum absolute atomic E-state index is 14.6. The van der Waals surface area contributed by atoms with Crippen LogP contribution < -0.4 is 5.32 Å². The zero-order valence-corrected chi connectivity index (χ0v) is 18.2. The SMILES string of the molecule is C=C/C=C(\C=C)COC(=O)C(F)C(=O)[C@H](CCc1ccccc1)NC(=O)OC(C)(C)C.[HH]. The zero-order chi connectivity index (χ0) is 23.4. The Labute approximate surface area is 184 Å². The van der Waals surface area contributed by atoms with E-state index in [1.165, 1.54) is 12.2 Å². The number of alkyl carbamates (subject to hydrolysis) is 1. The topological polar surface area (TPSA) is 81.7 Å². The Bertz CT molecular complexity index is 817. The number of allylic oxidation sites excluding steroid dienone is 2.